The van der Waals surface area contributed by atoms with Crippen molar-refractivity contribution in [3.05, 3.63) is 16.8 Å². The molecule has 20 heavy (non-hydrogen) atoms. The quantitative estimate of drug-likeness (QED) is 0.630. The second-order valence-corrected chi connectivity index (χ2v) is 6.09. The van der Waals surface area contributed by atoms with Crippen LogP contribution < -0.4 is 10.6 Å². The molecule has 1 aliphatic heterocycles. The summed E-state index contributed by atoms with van der Waals surface area (Å²) in [4.78, 5) is 2.12. The Kier molecular flexibility index (Phi) is 3.69. The number of anilines is 1. The van der Waals surface area contributed by atoms with E-state index in [0.717, 1.165) is 17.8 Å². The van der Waals surface area contributed by atoms with Crippen LogP contribution >= 0.6 is 0 Å². The summed E-state index contributed by atoms with van der Waals surface area (Å²) in [5, 5.41) is 16.3. The van der Waals surface area contributed by atoms with Gasteiger partial charge in [0.25, 0.3) is 0 Å². The number of nitrogen functional groups attached to an aromatic ring is 1. The summed E-state index contributed by atoms with van der Waals surface area (Å²) < 4.78 is 5.90. The minimum atomic E-state index is -0.258. The summed E-state index contributed by atoms with van der Waals surface area (Å²) in [5.41, 5.74) is 7.90. The number of rotatable bonds is 2. The van der Waals surface area contributed by atoms with Crippen molar-refractivity contribution in [2.45, 2.75) is 46.3 Å². The Balaban J connectivity index is 2.47. The van der Waals surface area contributed by atoms with E-state index in [0.29, 0.717) is 17.9 Å². The monoisotopic (exact) mass is 277 g/mol. The molecule has 0 amide bonds. The SMILES string of the molecule is Cc1nnc(N2CC(C)OC(C)(C)C2)c(C(=N)N)c1C. The van der Waals surface area contributed by atoms with Crippen molar-refractivity contribution in [2.75, 3.05) is 18.0 Å². The van der Waals surface area contributed by atoms with E-state index in [1.54, 1.807) is 0 Å². The highest BCUT2D eigenvalue weighted by Crippen LogP contribution is 2.28. The van der Waals surface area contributed by atoms with Crippen LogP contribution in [0, 0.1) is 19.3 Å². The first-order valence-corrected chi connectivity index (χ1v) is 6.82. The molecule has 1 aliphatic rings. The average molecular weight is 277 g/mol. The van der Waals surface area contributed by atoms with Crippen molar-refractivity contribution >= 4 is 11.7 Å². The van der Waals surface area contributed by atoms with Crippen LogP contribution in [0.15, 0.2) is 0 Å². The fraction of sp³-hybridized carbons (Fsp3) is 0.643. The van der Waals surface area contributed by atoms with Crippen LogP contribution in [0.3, 0.4) is 0 Å². The molecule has 1 aromatic heterocycles. The number of ether oxygens (including phenoxy) is 1. The van der Waals surface area contributed by atoms with Gasteiger partial charge >= 0.3 is 0 Å². The van der Waals surface area contributed by atoms with Gasteiger partial charge in [0.15, 0.2) is 5.82 Å². The molecule has 2 heterocycles. The van der Waals surface area contributed by atoms with Gasteiger partial charge in [-0.1, -0.05) is 0 Å². The predicted molar refractivity (Wildman–Crippen MR) is 79.4 cm³/mol. The number of morpholine rings is 1. The van der Waals surface area contributed by atoms with E-state index in [2.05, 4.69) is 28.9 Å². The number of hydrogen-bond donors (Lipinski definition) is 2. The van der Waals surface area contributed by atoms with Crippen LogP contribution in [0.1, 0.15) is 37.6 Å². The van der Waals surface area contributed by atoms with Gasteiger partial charge in [-0.15, -0.1) is 5.10 Å². The van der Waals surface area contributed by atoms with Gasteiger partial charge < -0.3 is 15.4 Å². The third-order valence-corrected chi connectivity index (χ3v) is 3.57. The lowest BCUT2D eigenvalue weighted by Gasteiger charge is -2.42. The highest BCUT2D eigenvalue weighted by atomic mass is 16.5. The highest BCUT2D eigenvalue weighted by molar-refractivity contribution is 6.01. The molecular formula is C14H23N5O. The first-order valence-electron chi connectivity index (χ1n) is 6.82. The lowest BCUT2D eigenvalue weighted by molar-refractivity contribution is -0.0752. The van der Waals surface area contributed by atoms with Crippen molar-refractivity contribution in [2.24, 2.45) is 5.73 Å². The number of nitrogens with zero attached hydrogens (tertiary/aromatic N) is 3. The molecule has 0 aromatic carbocycles. The molecule has 3 N–H and O–H groups in total. The molecule has 1 unspecified atom stereocenters. The maximum absolute atomic E-state index is 7.83. The number of aromatic nitrogens is 2. The van der Waals surface area contributed by atoms with Gasteiger partial charge in [0.1, 0.15) is 5.84 Å². The molecule has 110 valence electrons. The van der Waals surface area contributed by atoms with Gasteiger partial charge in [-0.25, -0.2) is 0 Å². The third kappa shape index (κ3) is 2.75. The smallest absolute Gasteiger partial charge is 0.162 e. The van der Waals surface area contributed by atoms with Crippen molar-refractivity contribution in [1.82, 2.24) is 10.2 Å². The molecule has 0 aliphatic carbocycles. The molecule has 0 saturated carbocycles. The van der Waals surface area contributed by atoms with E-state index in [4.69, 9.17) is 15.9 Å². The van der Waals surface area contributed by atoms with Crippen LogP contribution in [0.2, 0.25) is 0 Å². The zero-order valence-corrected chi connectivity index (χ0v) is 12.8. The second kappa shape index (κ2) is 5.01. The second-order valence-electron chi connectivity index (χ2n) is 6.09. The maximum atomic E-state index is 7.83. The minimum Gasteiger partial charge on any atom is -0.384 e. The van der Waals surface area contributed by atoms with E-state index >= 15 is 0 Å². The molecule has 1 fully saturated rings. The minimum absolute atomic E-state index is 0.0347. The van der Waals surface area contributed by atoms with Gasteiger partial charge in [0.2, 0.25) is 0 Å². The van der Waals surface area contributed by atoms with E-state index in [1.165, 1.54) is 0 Å². The summed E-state index contributed by atoms with van der Waals surface area (Å²) in [6.07, 6.45) is 0.0990. The van der Waals surface area contributed by atoms with E-state index in [9.17, 15) is 0 Å². The van der Waals surface area contributed by atoms with Crippen molar-refractivity contribution in [1.29, 1.82) is 5.41 Å². The summed E-state index contributed by atoms with van der Waals surface area (Å²) in [7, 11) is 0. The zero-order chi connectivity index (χ0) is 15.1. The molecule has 1 atom stereocenters. The van der Waals surface area contributed by atoms with Gasteiger partial charge in [0, 0.05) is 13.1 Å². The normalized spacial score (nSPS) is 21.9. The number of nitrogens with two attached hydrogens (primary N) is 1. The molecule has 0 radical (unpaired) electrons. The van der Waals surface area contributed by atoms with E-state index in [1.807, 2.05) is 20.8 Å². The fourth-order valence-corrected chi connectivity index (χ4v) is 2.75. The number of nitrogens with one attached hydrogen (secondary N) is 1. The zero-order valence-electron chi connectivity index (χ0n) is 12.8. The van der Waals surface area contributed by atoms with Crippen molar-refractivity contribution in [3.8, 4) is 0 Å². The molecule has 1 saturated heterocycles. The summed E-state index contributed by atoms with van der Waals surface area (Å²) in [6.45, 7) is 11.4. The first-order chi connectivity index (χ1) is 9.21. The topological polar surface area (TPSA) is 88.1 Å². The lowest BCUT2D eigenvalue weighted by Crippen LogP contribution is -2.52. The highest BCUT2D eigenvalue weighted by Gasteiger charge is 2.33. The predicted octanol–water partition coefficient (Wildman–Crippen LogP) is 1.38. The van der Waals surface area contributed by atoms with Crippen molar-refractivity contribution in [3.63, 3.8) is 0 Å². The van der Waals surface area contributed by atoms with Gasteiger partial charge in [-0.3, -0.25) is 5.41 Å². The molecule has 1 aromatic rings. The van der Waals surface area contributed by atoms with Crippen LogP contribution in [0.25, 0.3) is 0 Å². The molecule has 6 nitrogen and oxygen atoms in total. The molecule has 2 rings (SSSR count). The fourth-order valence-electron chi connectivity index (χ4n) is 2.75. The lowest BCUT2D eigenvalue weighted by atomic mass is 10.0. The van der Waals surface area contributed by atoms with Crippen LogP contribution in [-0.4, -0.2) is 40.8 Å². The van der Waals surface area contributed by atoms with E-state index in [-0.39, 0.29) is 17.5 Å². The summed E-state index contributed by atoms with van der Waals surface area (Å²) in [5.74, 6) is 0.719. The Morgan fingerprint density at radius 3 is 2.60 bits per heavy atom. The molecular weight excluding hydrogens is 254 g/mol. The average Bonchev–Trinajstić information content (AvgIpc) is 2.29. The Labute approximate surface area is 119 Å². The number of hydrogen-bond acceptors (Lipinski definition) is 5. The molecule has 0 spiro atoms. The van der Waals surface area contributed by atoms with E-state index < -0.39 is 0 Å². The summed E-state index contributed by atoms with van der Waals surface area (Å²) >= 11 is 0. The van der Waals surface area contributed by atoms with Gasteiger partial charge in [-0.05, 0) is 40.2 Å². The Morgan fingerprint density at radius 2 is 2.05 bits per heavy atom. The largest absolute Gasteiger partial charge is 0.384 e. The molecule has 0 bridgehead atoms. The standard InChI is InChI=1S/C14H23N5O/c1-8-6-19(7-14(4,5)20-8)13-11(12(15)16)9(2)10(3)17-18-13/h8H,6-7H2,1-5H3,(H3,15,16). The third-order valence-electron chi connectivity index (χ3n) is 3.57. The number of aryl methyl sites for hydroxylation is 1. The number of amidine groups is 1. The van der Waals surface area contributed by atoms with Crippen LogP contribution in [0.4, 0.5) is 5.82 Å². The van der Waals surface area contributed by atoms with Gasteiger partial charge in [0.05, 0.1) is 23.0 Å². The van der Waals surface area contributed by atoms with Crippen LogP contribution in [0.5, 0.6) is 0 Å². The summed E-state index contributed by atoms with van der Waals surface area (Å²) in [6, 6.07) is 0. The van der Waals surface area contributed by atoms with Gasteiger partial charge in [-0.2, -0.15) is 5.10 Å². The Hall–Kier alpha value is -1.69. The molecule has 6 heteroatoms. The van der Waals surface area contributed by atoms with Crippen molar-refractivity contribution < 1.29 is 4.74 Å². The Bertz CT molecular complexity index is 541. The first kappa shape index (κ1) is 14.7. The Morgan fingerprint density at radius 1 is 1.40 bits per heavy atom. The maximum Gasteiger partial charge on any atom is 0.162 e. The van der Waals surface area contributed by atoms with Crippen LogP contribution in [-0.2, 0) is 4.74 Å².